The molecule has 1 aromatic carbocycles. The minimum atomic E-state index is -4.46. The third kappa shape index (κ3) is 4.40. The quantitative estimate of drug-likeness (QED) is 0.729. The lowest BCUT2D eigenvalue weighted by molar-refractivity contribution is -0.122. The first-order valence-electron chi connectivity index (χ1n) is 4.87. The number of nitrogen functional groups attached to an aromatic ring is 1. The largest absolute Gasteiger partial charge is 0.497 e. The zero-order valence-electron chi connectivity index (χ0n) is 9.47. The number of ether oxygens (including phenoxy) is 1. The topological polar surface area (TPSA) is 76.4 Å². The van der Waals surface area contributed by atoms with Crippen molar-refractivity contribution in [1.29, 1.82) is 0 Å². The lowest BCUT2D eigenvalue weighted by Crippen LogP contribution is -2.36. The van der Waals surface area contributed by atoms with Crippen molar-refractivity contribution in [2.45, 2.75) is 6.18 Å². The number of nitrogens with one attached hydrogen (secondary N) is 2. The highest BCUT2D eigenvalue weighted by Gasteiger charge is 2.27. The van der Waals surface area contributed by atoms with Crippen LogP contribution in [0, 0.1) is 0 Å². The molecule has 2 amide bonds. The minimum absolute atomic E-state index is 0.191. The van der Waals surface area contributed by atoms with Gasteiger partial charge in [0.25, 0.3) is 0 Å². The lowest BCUT2D eigenvalue weighted by Gasteiger charge is -2.11. The summed E-state index contributed by atoms with van der Waals surface area (Å²) in [6.07, 6.45) is -4.46. The van der Waals surface area contributed by atoms with Gasteiger partial charge in [0.05, 0.1) is 18.5 Å². The van der Waals surface area contributed by atoms with Gasteiger partial charge in [-0.25, -0.2) is 4.79 Å². The van der Waals surface area contributed by atoms with Gasteiger partial charge in [0.1, 0.15) is 12.3 Å². The third-order valence-corrected chi connectivity index (χ3v) is 1.96. The van der Waals surface area contributed by atoms with Gasteiger partial charge in [-0.05, 0) is 12.1 Å². The van der Waals surface area contributed by atoms with E-state index < -0.39 is 18.8 Å². The molecule has 0 aliphatic rings. The molecule has 18 heavy (non-hydrogen) atoms. The van der Waals surface area contributed by atoms with Crippen molar-refractivity contribution >= 4 is 17.4 Å². The molecule has 0 spiro atoms. The Balaban J connectivity index is 2.59. The van der Waals surface area contributed by atoms with Crippen LogP contribution < -0.4 is 21.1 Å². The fourth-order valence-electron chi connectivity index (χ4n) is 1.13. The first-order valence-corrected chi connectivity index (χ1v) is 4.87. The second-order valence-corrected chi connectivity index (χ2v) is 3.38. The Morgan fingerprint density at radius 2 is 2.11 bits per heavy atom. The van der Waals surface area contributed by atoms with Gasteiger partial charge in [0.15, 0.2) is 0 Å². The first kappa shape index (κ1) is 13.9. The molecule has 8 heteroatoms. The molecule has 0 aliphatic carbocycles. The van der Waals surface area contributed by atoms with Crippen molar-refractivity contribution in [2.75, 3.05) is 24.7 Å². The second-order valence-electron chi connectivity index (χ2n) is 3.38. The number of halogens is 3. The summed E-state index contributed by atoms with van der Waals surface area (Å²) in [6.45, 7) is -1.41. The molecule has 5 nitrogen and oxygen atoms in total. The zero-order valence-corrected chi connectivity index (χ0v) is 9.47. The number of benzene rings is 1. The Morgan fingerprint density at radius 1 is 1.44 bits per heavy atom. The van der Waals surface area contributed by atoms with Crippen molar-refractivity contribution < 1.29 is 22.7 Å². The summed E-state index contributed by atoms with van der Waals surface area (Å²) < 4.78 is 40.4. The highest BCUT2D eigenvalue weighted by Crippen LogP contribution is 2.23. The standard InChI is InChI=1S/C10H12F3N3O2/c1-18-6-2-3-8(7(14)4-6)16-9(17)15-5-10(11,12)13/h2-4H,5,14H2,1H3,(H2,15,16,17). The Kier molecular flexibility index (Phi) is 4.24. The van der Waals surface area contributed by atoms with E-state index in [1.165, 1.54) is 25.3 Å². The Labute approximate surface area is 101 Å². The van der Waals surface area contributed by atoms with E-state index >= 15 is 0 Å². The van der Waals surface area contributed by atoms with Crippen molar-refractivity contribution in [3.8, 4) is 5.75 Å². The zero-order chi connectivity index (χ0) is 13.8. The van der Waals surface area contributed by atoms with Crippen molar-refractivity contribution in [2.24, 2.45) is 0 Å². The summed E-state index contributed by atoms with van der Waals surface area (Å²) in [5.74, 6) is 0.480. The van der Waals surface area contributed by atoms with Crippen LogP contribution in [-0.4, -0.2) is 25.9 Å². The number of hydrogen-bond acceptors (Lipinski definition) is 3. The predicted octanol–water partition coefficient (Wildman–Crippen LogP) is 1.96. The van der Waals surface area contributed by atoms with Crippen LogP contribution in [0.4, 0.5) is 29.3 Å². The minimum Gasteiger partial charge on any atom is -0.497 e. The Hall–Kier alpha value is -2.12. The number of anilines is 2. The number of urea groups is 1. The van der Waals surface area contributed by atoms with Crippen LogP contribution in [0.5, 0.6) is 5.75 Å². The Morgan fingerprint density at radius 3 is 2.61 bits per heavy atom. The van der Waals surface area contributed by atoms with Crippen LogP contribution >= 0.6 is 0 Å². The van der Waals surface area contributed by atoms with Gasteiger partial charge in [-0.2, -0.15) is 13.2 Å². The summed E-state index contributed by atoms with van der Waals surface area (Å²) >= 11 is 0. The maximum absolute atomic E-state index is 11.8. The van der Waals surface area contributed by atoms with E-state index in [4.69, 9.17) is 10.5 Å². The average molecular weight is 263 g/mol. The van der Waals surface area contributed by atoms with E-state index in [1.54, 1.807) is 5.32 Å². The van der Waals surface area contributed by atoms with Gasteiger partial charge >= 0.3 is 12.2 Å². The molecule has 0 saturated carbocycles. The second kappa shape index (κ2) is 5.48. The van der Waals surface area contributed by atoms with Gasteiger partial charge in [-0.1, -0.05) is 0 Å². The van der Waals surface area contributed by atoms with Crippen LogP contribution in [0.3, 0.4) is 0 Å². The smallest absolute Gasteiger partial charge is 0.405 e. The molecule has 0 aromatic heterocycles. The summed E-state index contributed by atoms with van der Waals surface area (Å²) in [5.41, 5.74) is 5.98. The number of alkyl halides is 3. The number of methoxy groups -OCH3 is 1. The molecule has 1 aromatic rings. The molecule has 0 unspecified atom stereocenters. The predicted molar refractivity (Wildman–Crippen MR) is 60.5 cm³/mol. The van der Waals surface area contributed by atoms with Crippen molar-refractivity contribution in [3.05, 3.63) is 18.2 Å². The SMILES string of the molecule is COc1ccc(NC(=O)NCC(F)(F)F)c(N)c1. The highest BCUT2D eigenvalue weighted by molar-refractivity contribution is 5.92. The van der Waals surface area contributed by atoms with E-state index in [2.05, 4.69) is 5.32 Å². The number of hydrogen-bond donors (Lipinski definition) is 3. The molecule has 0 bridgehead atoms. The van der Waals surface area contributed by atoms with E-state index in [-0.39, 0.29) is 11.4 Å². The summed E-state index contributed by atoms with van der Waals surface area (Å²) in [5, 5.41) is 3.87. The monoisotopic (exact) mass is 263 g/mol. The van der Waals surface area contributed by atoms with E-state index in [1.807, 2.05) is 0 Å². The molecule has 100 valence electrons. The molecule has 0 heterocycles. The molecule has 4 N–H and O–H groups in total. The fourth-order valence-corrected chi connectivity index (χ4v) is 1.13. The molecule has 0 fully saturated rings. The first-order chi connectivity index (χ1) is 8.31. The number of carbonyl (C=O) groups excluding carboxylic acids is 1. The Bertz CT molecular complexity index is 435. The number of nitrogens with two attached hydrogens (primary N) is 1. The highest BCUT2D eigenvalue weighted by atomic mass is 19.4. The summed E-state index contributed by atoms with van der Waals surface area (Å²) in [7, 11) is 1.44. The maximum atomic E-state index is 11.8. The average Bonchev–Trinajstić information content (AvgIpc) is 2.28. The number of amides is 2. The van der Waals surface area contributed by atoms with Crippen LogP contribution in [-0.2, 0) is 0 Å². The molecular formula is C10H12F3N3O2. The third-order valence-electron chi connectivity index (χ3n) is 1.96. The van der Waals surface area contributed by atoms with E-state index in [0.717, 1.165) is 0 Å². The van der Waals surface area contributed by atoms with Crippen LogP contribution in [0.1, 0.15) is 0 Å². The molecule has 1 rings (SSSR count). The van der Waals surface area contributed by atoms with Crippen LogP contribution in [0.25, 0.3) is 0 Å². The van der Waals surface area contributed by atoms with Crippen molar-refractivity contribution in [3.63, 3.8) is 0 Å². The van der Waals surface area contributed by atoms with Gasteiger partial charge in [0.2, 0.25) is 0 Å². The van der Waals surface area contributed by atoms with E-state index in [0.29, 0.717) is 5.75 Å². The maximum Gasteiger partial charge on any atom is 0.405 e. The summed E-state index contributed by atoms with van der Waals surface area (Å²) in [4.78, 5) is 11.2. The van der Waals surface area contributed by atoms with Crippen LogP contribution in [0.15, 0.2) is 18.2 Å². The van der Waals surface area contributed by atoms with Crippen molar-refractivity contribution in [1.82, 2.24) is 5.32 Å². The van der Waals surface area contributed by atoms with Crippen LogP contribution in [0.2, 0.25) is 0 Å². The normalized spacial score (nSPS) is 10.9. The number of rotatable bonds is 3. The molecule has 0 radical (unpaired) electrons. The lowest BCUT2D eigenvalue weighted by atomic mass is 10.2. The van der Waals surface area contributed by atoms with Gasteiger partial charge in [-0.3, -0.25) is 0 Å². The summed E-state index contributed by atoms with van der Waals surface area (Å²) in [6, 6.07) is 3.42. The molecule has 0 atom stereocenters. The molecule has 0 aliphatic heterocycles. The van der Waals surface area contributed by atoms with Gasteiger partial charge in [0, 0.05) is 6.07 Å². The van der Waals surface area contributed by atoms with Gasteiger partial charge in [-0.15, -0.1) is 0 Å². The number of carbonyl (C=O) groups is 1. The fraction of sp³-hybridized carbons (Fsp3) is 0.300. The molecule has 0 saturated heterocycles. The van der Waals surface area contributed by atoms with Gasteiger partial charge < -0.3 is 21.1 Å². The molecular weight excluding hydrogens is 251 g/mol. The van der Waals surface area contributed by atoms with E-state index in [9.17, 15) is 18.0 Å².